The second-order valence-corrected chi connectivity index (χ2v) is 6.57. The predicted octanol–water partition coefficient (Wildman–Crippen LogP) is 0.761. The van der Waals surface area contributed by atoms with Gasteiger partial charge in [0.05, 0.1) is 25.4 Å². The third-order valence-corrected chi connectivity index (χ3v) is 5.05. The minimum absolute atomic E-state index is 0.100. The summed E-state index contributed by atoms with van der Waals surface area (Å²) in [6.45, 7) is 2.90. The zero-order valence-corrected chi connectivity index (χ0v) is 14.5. The van der Waals surface area contributed by atoms with Gasteiger partial charge >= 0.3 is 0 Å². The van der Waals surface area contributed by atoms with Crippen molar-refractivity contribution < 1.29 is 14.3 Å². The normalized spacial score (nSPS) is 24.3. The van der Waals surface area contributed by atoms with E-state index in [2.05, 4.69) is 25.2 Å². The van der Waals surface area contributed by atoms with E-state index < -0.39 is 0 Å². The number of amides is 1. The molecular weight excluding hydrogens is 334 g/mol. The average molecular weight is 355 g/mol. The number of hydrogen-bond acceptors (Lipinski definition) is 7. The fourth-order valence-electron chi connectivity index (χ4n) is 3.63. The van der Waals surface area contributed by atoms with Crippen molar-refractivity contribution in [3.8, 4) is 5.88 Å². The molecule has 0 aromatic carbocycles. The van der Waals surface area contributed by atoms with E-state index in [-0.39, 0.29) is 17.9 Å². The fourth-order valence-corrected chi connectivity index (χ4v) is 3.63. The number of carbonyl (C=O) groups is 1. The Morgan fingerprint density at radius 2 is 2.35 bits per heavy atom. The van der Waals surface area contributed by atoms with Crippen LogP contribution in [0.4, 0.5) is 5.82 Å². The van der Waals surface area contributed by atoms with Gasteiger partial charge in [-0.2, -0.15) is 0 Å². The summed E-state index contributed by atoms with van der Waals surface area (Å²) in [5, 5.41) is 3.00. The Bertz CT molecular complexity index is 772. The molecule has 1 N–H and O–H groups in total. The number of methoxy groups -OCH3 is 1. The van der Waals surface area contributed by atoms with Crippen LogP contribution in [0.25, 0.3) is 0 Å². The molecule has 8 nitrogen and oxygen atoms in total. The molecule has 2 fully saturated rings. The average Bonchev–Trinajstić information content (AvgIpc) is 3.28. The van der Waals surface area contributed by atoms with Crippen molar-refractivity contribution in [2.45, 2.75) is 6.10 Å². The van der Waals surface area contributed by atoms with Gasteiger partial charge in [-0.25, -0.2) is 9.97 Å². The number of aromatic nitrogens is 3. The molecule has 0 spiro atoms. The Morgan fingerprint density at radius 1 is 1.42 bits per heavy atom. The summed E-state index contributed by atoms with van der Waals surface area (Å²) < 4.78 is 11.1. The number of ether oxygens (including phenoxy) is 2. The highest BCUT2D eigenvalue weighted by Crippen LogP contribution is 2.35. The number of pyridine rings is 1. The van der Waals surface area contributed by atoms with Crippen LogP contribution in [-0.2, 0) is 4.74 Å². The molecule has 2 aromatic heterocycles. The molecule has 8 heteroatoms. The lowest BCUT2D eigenvalue weighted by Crippen LogP contribution is -2.34. The number of hydrogen-bond donors (Lipinski definition) is 1. The summed E-state index contributed by atoms with van der Waals surface area (Å²) in [4.78, 5) is 26.8. The Labute approximate surface area is 151 Å². The standard InChI is InChI=1S/C18H21N5O3/c1-25-17-5-16(21-11-22-17)23-8-14-13(10-26-15(14)9-23)7-20-18(24)12-3-2-4-19-6-12/h2-6,11,13-15H,7-10H2,1H3,(H,20,24)/t13-,14+,15+/m1/s1. The summed E-state index contributed by atoms with van der Waals surface area (Å²) in [7, 11) is 1.59. The lowest BCUT2D eigenvalue weighted by atomic mass is 9.93. The van der Waals surface area contributed by atoms with Gasteiger partial charge in [-0.15, -0.1) is 0 Å². The van der Waals surface area contributed by atoms with Crippen molar-refractivity contribution in [1.82, 2.24) is 20.3 Å². The van der Waals surface area contributed by atoms with Crippen LogP contribution in [-0.4, -0.2) is 60.3 Å². The van der Waals surface area contributed by atoms with Crippen molar-refractivity contribution in [3.63, 3.8) is 0 Å². The van der Waals surface area contributed by atoms with Crippen molar-refractivity contribution in [1.29, 1.82) is 0 Å². The van der Waals surface area contributed by atoms with Crippen LogP contribution in [0.3, 0.4) is 0 Å². The molecule has 3 atom stereocenters. The van der Waals surface area contributed by atoms with Gasteiger partial charge < -0.3 is 19.7 Å². The van der Waals surface area contributed by atoms with Crippen LogP contribution in [0.1, 0.15) is 10.4 Å². The molecule has 0 radical (unpaired) electrons. The SMILES string of the molecule is COc1cc(N2C[C@H]3[C@H](CNC(=O)c4cccnc4)CO[C@H]3C2)ncn1. The van der Waals surface area contributed by atoms with Gasteiger partial charge in [-0.1, -0.05) is 0 Å². The number of nitrogens with one attached hydrogen (secondary N) is 1. The van der Waals surface area contributed by atoms with Crippen molar-refractivity contribution in [2.24, 2.45) is 11.8 Å². The Hall–Kier alpha value is -2.74. The quantitative estimate of drug-likeness (QED) is 0.847. The highest BCUT2D eigenvalue weighted by molar-refractivity contribution is 5.93. The first-order valence-corrected chi connectivity index (χ1v) is 8.65. The maximum absolute atomic E-state index is 12.2. The topological polar surface area (TPSA) is 89.5 Å². The smallest absolute Gasteiger partial charge is 0.252 e. The highest BCUT2D eigenvalue weighted by atomic mass is 16.5. The molecular formula is C18H21N5O3. The largest absolute Gasteiger partial charge is 0.481 e. The van der Waals surface area contributed by atoms with E-state index in [1.54, 1.807) is 31.6 Å². The van der Waals surface area contributed by atoms with Gasteiger partial charge in [0.1, 0.15) is 12.1 Å². The predicted molar refractivity (Wildman–Crippen MR) is 94.1 cm³/mol. The van der Waals surface area contributed by atoms with Crippen LogP contribution < -0.4 is 15.0 Å². The summed E-state index contributed by atoms with van der Waals surface area (Å²) >= 11 is 0. The molecule has 2 aliphatic heterocycles. The number of nitrogens with zero attached hydrogens (tertiary/aromatic N) is 4. The Balaban J connectivity index is 1.36. The summed E-state index contributed by atoms with van der Waals surface area (Å²) in [6, 6.07) is 5.35. The van der Waals surface area contributed by atoms with Crippen LogP contribution in [0.2, 0.25) is 0 Å². The lowest BCUT2D eigenvalue weighted by molar-refractivity contribution is 0.0939. The highest BCUT2D eigenvalue weighted by Gasteiger charge is 2.44. The minimum atomic E-state index is -0.100. The third-order valence-electron chi connectivity index (χ3n) is 5.05. The second-order valence-electron chi connectivity index (χ2n) is 6.57. The molecule has 2 saturated heterocycles. The van der Waals surface area contributed by atoms with E-state index in [9.17, 15) is 4.79 Å². The van der Waals surface area contributed by atoms with E-state index in [0.29, 0.717) is 30.5 Å². The monoisotopic (exact) mass is 355 g/mol. The molecule has 0 saturated carbocycles. The van der Waals surface area contributed by atoms with Crippen LogP contribution >= 0.6 is 0 Å². The third kappa shape index (κ3) is 3.32. The summed E-state index contributed by atoms with van der Waals surface area (Å²) in [5.41, 5.74) is 0.573. The molecule has 136 valence electrons. The minimum Gasteiger partial charge on any atom is -0.481 e. The number of rotatable bonds is 5. The molecule has 1 amide bonds. The first-order valence-electron chi connectivity index (χ1n) is 8.65. The molecule has 4 rings (SSSR count). The van der Waals surface area contributed by atoms with Gasteiger partial charge in [0.25, 0.3) is 5.91 Å². The summed E-state index contributed by atoms with van der Waals surface area (Å²) in [5.74, 6) is 1.94. The maximum atomic E-state index is 12.2. The van der Waals surface area contributed by atoms with Gasteiger partial charge in [0.2, 0.25) is 5.88 Å². The Morgan fingerprint density at radius 3 is 3.15 bits per heavy atom. The maximum Gasteiger partial charge on any atom is 0.252 e. The van der Waals surface area contributed by atoms with Gasteiger partial charge in [-0.3, -0.25) is 9.78 Å². The van der Waals surface area contributed by atoms with E-state index in [0.717, 1.165) is 18.9 Å². The first kappa shape index (κ1) is 16.7. The number of anilines is 1. The summed E-state index contributed by atoms with van der Waals surface area (Å²) in [6.07, 6.45) is 4.90. The van der Waals surface area contributed by atoms with E-state index in [1.165, 1.54) is 6.33 Å². The molecule has 2 aliphatic rings. The first-order chi connectivity index (χ1) is 12.7. The zero-order valence-electron chi connectivity index (χ0n) is 14.5. The molecule has 0 unspecified atom stereocenters. The van der Waals surface area contributed by atoms with Crippen molar-refractivity contribution in [2.75, 3.05) is 38.3 Å². The lowest BCUT2D eigenvalue weighted by Gasteiger charge is -2.21. The van der Waals surface area contributed by atoms with E-state index in [1.807, 2.05) is 6.07 Å². The van der Waals surface area contributed by atoms with Gasteiger partial charge in [-0.05, 0) is 12.1 Å². The van der Waals surface area contributed by atoms with Crippen LogP contribution in [0.15, 0.2) is 36.9 Å². The molecule has 4 heterocycles. The van der Waals surface area contributed by atoms with Crippen molar-refractivity contribution in [3.05, 3.63) is 42.5 Å². The fraction of sp³-hybridized carbons (Fsp3) is 0.444. The van der Waals surface area contributed by atoms with Crippen LogP contribution in [0, 0.1) is 11.8 Å². The molecule has 0 bridgehead atoms. The van der Waals surface area contributed by atoms with Gasteiger partial charge in [0, 0.05) is 49.9 Å². The van der Waals surface area contributed by atoms with E-state index in [4.69, 9.17) is 9.47 Å². The van der Waals surface area contributed by atoms with E-state index >= 15 is 0 Å². The van der Waals surface area contributed by atoms with Crippen LogP contribution in [0.5, 0.6) is 5.88 Å². The van der Waals surface area contributed by atoms with Gasteiger partial charge in [0.15, 0.2) is 0 Å². The molecule has 26 heavy (non-hydrogen) atoms. The molecule has 0 aliphatic carbocycles. The second kappa shape index (κ2) is 7.25. The number of carbonyl (C=O) groups excluding carboxylic acids is 1. The Kier molecular flexibility index (Phi) is 4.66. The number of fused-ring (bicyclic) bond motifs is 1. The zero-order chi connectivity index (χ0) is 17.9. The molecule has 2 aromatic rings. The van der Waals surface area contributed by atoms with Crippen molar-refractivity contribution >= 4 is 11.7 Å².